The zero-order chi connectivity index (χ0) is 14.9. The number of piperidine rings is 1. The minimum absolute atomic E-state index is 0.0230. The molecule has 0 bridgehead atoms. The van der Waals surface area contributed by atoms with Gasteiger partial charge in [-0.1, -0.05) is 6.92 Å². The van der Waals surface area contributed by atoms with Crippen LogP contribution in [0.25, 0.3) is 0 Å². The highest BCUT2D eigenvalue weighted by molar-refractivity contribution is 7.91. The lowest BCUT2D eigenvalue weighted by molar-refractivity contribution is -0.142. The van der Waals surface area contributed by atoms with Gasteiger partial charge in [0.05, 0.1) is 0 Å². The normalized spacial score (nSPS) is 24.2. The second-order valence-electron chi connectivity index (χ2n) is 4.83. The van der Waals surface area contributed by atoms with Crippen molar-refractivity contribution in [3.63, 3.8) is 0 Å². The van der Waals surface area contributed by atoms with Crippen LogP contribution in [0.5, 0.6) is 0 Å². The van der Waals surface area contributed by atoms with E-state index in [0.29, 0.717) is 17.7 Å². The second-order valence-corrected chi connectivity index (χ2v) is 8.03. The maximum absolute atomic E-state index is 12.5. The lowest BCUT2D eigenvalue weighted by Gasteiger charge is -2.34. The molecule has 1 aromatic heterocycles. The molecule has 108 valence electrons. The van der Waals surface area contributed by atoms with Gasteiger partial charge in [-0.25, -0.2) is 8.42 Å². The van der Waals surface area contributed by atoms with Crippen molar-refractivity contribution >= 4 is 27.3 Å². The minimum Gasteiger partial charge on any atom is -0.480 e. The number of carboxylic acid groups (broad SMARTS) is 1. The Labute approximate surface area is 121 Å². The molecule has 1 aliphatic rings. The van der Waals surface area contributed by atoms with Gasteiger partial charge in [0.25, 0.3) is 10.0 Å². The van der Waals surface area contributed by atoms with E-state index in [1.165, 1.54) is 12.1 Å². The van der Waals surface area contributed by atoms with E-state index in [-0.39, 0.29) is 16.7 Å². The molecule has 2 rings (SSSR count). The average molecular weight is 314 g/mol. The van der Waals surface area contributed by atoms with Crippen LogP contribution in [-0.2, 0) is 14.8 Å². The summed E-state index contributed by atoms with van der Waals surface area (Å²) in [5, 5.41) is 18.0. The highest BCUT2D eigenvalue weighted by Gasteiger charge is 2.40. The predicted molar refractivity (Wildman–Crippen MR) is 72.7 cm³/mol. The van der Waals surface area contributed by atoms with Gasteiger partial charge in [-0.3, -0.25) is 4.79 Å². The van der Waals surface area contributed by atoms with Crippen LogP contribution >= 0.6 is 11.3 Å². The lowest BCUT2D eigenvalue weighted by atomic mass is 9.94. The van der Waals surface area contributed by atoms with Crippen molar-refractivity contribution < 1.29 is 18.3 Å². The van der Waals surface area contributed by atoms with Crippen molar-refractivity contribution in [2.24, 2.45) is 5.92 Å². The zero-order valence-electron chi connectivity index (χ0n) is 10.8. The van der Waals surface area contributed by atoms with Crippen LogP contribution in [0.15, 0.2) is 16.3 Å². The molecule has 2 atom stereocenters. The summed E-state index contributed by atoms with van der Waals surface area (Å²) in [4.78, 5) is 11.6. The van der Waals surface area contributed by atoms with E-state index in [0.717, 1.165) is 15.6 Å². The topological polar surface area (TPSA) is 98.5 Å². The molecule has 0 saturated carbocycles. The van der Waals surface area contributed by atoms with Crippen molar-refractivity contribution in [2.75, 3.05) is 6.54 Å². The molecule has 2 heterocycles. The van der Waals surface area contributed by atoms with E-state index in [9.17, 15) is 18.3 Å². The van der Waals surface area contributed by atoms with Crippen LogP contribution in [0, 0.1) is 17.2 Å². The van der Waals surface area contributed by atoms with Gasteiger partial charge in [-0.05, 0) is 30.9 Å². The first-order chi connectivity index (χ1) is 9.36. The first kappa shape index (κ1) is 15.0. The summed E-state index contributed by atoms with van der Waals surface area (Å²) in [6, 6.07) is 3.64. The molecule has 1 N–H and O–H groups in total. The molecular weight excluding hydrogens is 300 g/mol. The Balaban J connectivity index is 2.37. The molecule has 0 amide bonds. The summed E-state index contributed by atoms with van der Waals surface area (Å²) in [7, 11) is -3.85. The number of carboxylic acids is 1. The Kier molecular flexibility index (Phi) is 4.13. The number of nitriles is 1. The third-order valence-electron chi connectivity index (χ3n) is 3.36. The fourth-order valence-corrected chi connectivity index (χ4v) is 5.11. The zero-order valence-corrected chi connectivity index (χ0v) is 12.4. The summed E-state index contributed by atoms with van der Waals surface area (Å²) in [5.41, 5.74) is 0. The summed E-state index contributed by atoms with van der Waals surface area (Å²) in [6.07, 6.45) is 0.949. The lowest BCUT2D eigenvalue weighted by Crippen LogP contribution is -2.49. The Hall–Kier alpha value is -1.43. The number of aliphatic carboxylic acids is 1. The van der Waals surface area contributed by atoms with E-state index >= 15 is 0 Å². The molecule has 0 aliphatic carbocycles. The molecule has 6 nitrogen and oxygen atoms in total. The SMILES string of the molecule is CC1CCN(S(=O)(=O)c2ccc(C#N)s2)C(C(=O)O)C1. The number of carbonyl (C=O) groups is 1. The van der Waals surface area contributed by atoms with E-state index < -0.39 is 22.0 Å². The first-order valence-corrected chi connectivity index (χ1v) is 8.36. The first-order valence-electron chi connectivity index (χ1n) is 6.11. The molecule has 0 aromatic carbocycles. The van der Waals surface area contributed by atoms with Gasteiger partial charge in [-0.2, -0.15) is 9.57 Å². The summed E-state index contributed by atoms with van der Waals surface area (Å²) in [6.45, 7) is 2.11. The van der Waals surface area contributed by atoms with Gasteiger partial charge in [0, 0.05) is 6.54 Å². The van der Waals surface area contributed by atoms with Gasteiger partial charge >= 0.3 is 5.97 Å². The van der Waals surface area contributed by atoms with Crippen molar-refractivity contribution in [1.29, 1.82) is 5.26 Å². The van der Waals surface area contributed by atoms with E-state index in [2.05, 4.69) is 0 Å². The summed E-state index contributed by atoms with van der Waals surface area (Å²) >= 11 is 0.864. The van der Waals surface area contributed by atoms with Gasteiger partial charge in [0.15, 0.2) is 0 Å². The van der Waals surface area contributed by atoms with Crippen molar-refractivity contribution in [3.8, 4) is 6.07 Å². The molecular formula is C12H14N2O4S2. The van der Waals surface area contributed by atoms with Crippen LogP contribution in [0.1, 0.15) is 24.6 Å². The molecule has 1 saturated heterocycles. The number of hydrogen-bond donors (Lipinski definition) is 1. The van der Waals surface area contributed by atoms with Crippen molar-refractivity contribution in [3.05, 3.63) is 17.0 Å². The van der Waals surface area contributed by atoms with E-state index in [1.807, 2.05) is 13.0 Å². The molecule has 8 heteroatoms. The van der Waals surface area contributed by atoms with Gasteiger partial charge < -0.3 is 5.11 Å². The molecule has 1 fully saturated rings. The molecule has 1 aromatic rings. The maximum atomic E-state index is 12.5. The van der Waals surface area contributed by atoms with Gasteiger partial charge in [-0.15, -0.1) is 11.3 Å². The molecule has 0 spiro atoms. The quantitative estimate of drug-likeness (QED) is 0.911. The van der Waals surface area contributed by atoms with Crippen LogP contribution in [0.2, 0.25) is 0 Å². The fourth-order valence-electron chi connectivity index (χ4n) is 2.27. The number of hydrogen-bond acceptors (Lipinski definition) is 5. The smallest absolute Gasteiger partial charge is 0.322 e. The third-order valence-corrected chi connectivity index (χ3v) is 6.72. The maximum Gasteiger partial charge on any atom is 0.322 e. The molecule has 2 unspecified atom stereocenters. The highest BCUT2D eigenvalue weighted by Crippen LogP contribution is 2.31. The Morgan fingerprint density at radius 3 is 2.80 bits per heavy atom. The predicted octanol–water partition coefficient (Wildman–Crippen LogP) is 1.49. The van der Waals surface area contributed by atoms with Crippen molar-refractivity contribution in [2.45, 2.75) is 30.0 Å². The van der Waals surface area contributed by atoms with Crippen LogP contribution in [0.4, 0.5) is 0 Å². The Morgan fingerprint density at radius 2 is 2.25 bits per heavy atom. The van der Waals surface area contributed by atoms with E-state index in [4.69, 9.17) is 5.26 Å². The van der Waals surface area contributed by atoms with Crippen LogP contribution in [-0.4, -0.2) is 36.4 Å². The largest absolute Gasteiger partial charge is 0.480 e. The average Bonchev–Trinajstić information content (AvgIpc) is 2.87. The number of rotatable bonds is 3. The number of nitrogens with zero attached hydrogens (tertiary/aromatic N) is 2. The van der Waals surface area contributed by atoms with Crippen LogP contribution < -0.4 is 0 Å². The highest BCUT2D eigenvalue weighted by atomic mass is 32.2. The van der Waals surface area contributed by atoms with E-state index in [1.54, 1.807) is 0 Å². The van der Waals surface area contributed by atoms with Gasteiger partial charge in [0.1, 0.15) is 21.2 Å². The second kappa shape index (κ2) is 5.52. The summed E-state index contributed by atoms with van der Waals surface area (Å²) in [5.74, 6) is -0.947. The van der Waals surface area contributed by atoms with Crippen molar-refractivity contribution in [1.82, 2.24) is 4.31 Å². The standard InChI is InChI=1S/C12H14N2O4S2/c1-8-4-5-14(10(6-8)12(15)16)20(17,18)11-3-2-9(7-13)19-11/h2-3,8,10H,4-6H2,1H3,(H,15,16). The molecule has 20 heavy (non-hydrogen) atoms. The number of sulfonamides is 1. The fraction of sp³-hybridized carbons (Fsp3) is 0.500. The van der Waals surface area contributed by atoms with Gasteiger partial charge in [0.2, 0.25) is 0 Å². The molecule has 0 radical (unpaired) electrons. The third kappa shape index (κ3) is 2.70. The molecule has 1 aliphatic heterocycles. The van der Waals surface area contributed by atoms with Crippen LogP contribution in [0.3, 0.4) is 0 Å². The minimum atomic E-state index is -3.85. The monoisotopic (exact) mass is 314 g/mol. The Morgan fingerprint density at radius 1 is 1.55 bits per heavy atom. The summed E-state index contributed by atoms with van der Waals surface area (Å²) < 4.78 is 26.1. The Bertz CT molecular complexity index is 659. The number of thiophene rings is 1.